The maximum Gasteiger partial charge on any atom is 0.194 e. The van der Waals surface area contributed by atoms with Gasteiger partial charge in [0, 0.05) is 19.6 Å². The summed E-state index contributed by atoms with van der Waals surface area (Å²) in [4.78, 5) is 1.82. The van der Waals surface area contributed by atoms with Crippen LogP contribution < -0.4 is 5.32 Å². The molecule has 0 aliphatic rings. The number of benzene rings is 1. The molecule has 1 aromatic rings. The van der Waals surface area contributed by atoms with Gasteiger partial charge in [-0.2, -0.15) is 0 Å². The van der Waals surface area contributed by atoms with E-state index in [1.807, 2.05) is 19.0 Å². The molecule has 0 fully saturated rings. The van der Waals surface area contributed by atoms with Crippen molar-refractivity contribution >= 4 is 0 Å². The third-order valence-electron chi connectivity index (χ3n) is 2.33. The Balaban J connectivity index is 2.45. The molecule has 0 saturated carbocycles. The lowest BCUT2D eigenvalue weighted by molar-refractivity contribution is 0.134. The van der Waals surface area contributed by atoms with Gasteiger partial charge in [0.1, 0.15) is 0 Å². The Morgan fingerprint density at radius 1 is 1.22 bits per heavy atom. The third kappa shape index (κ3) is 4.64. The zero-order valence-electron chi connectivity index (χ0n) is 10.4. The number of hydrogen-bond acceptors (Lipinski definition) is 3. The van der Waals surface area contributed by atoms with E-state index in [0.29, 0.717) is 18.7 Å². The lowest BCUT2D eigenvalue weighted by Crippen LogP contribution is -2.34. The summed E-state index contributed by atoms with van der Waals surface area (Å²) >= 11 is 0. The minimum atomic E-state index is -1.47. The number of rotatable bonds is 6. The molecule has 0 spiro atoms. The fourth-order valence-corrected chi connectivity index (χ4v) is 1.58. The largest absolute Gasteiger partial charge is 0.390 e. The molecule has 0 aromatic heterocycles. The van der Waals surface area contributed by atoms with Crippen LogP contribution in [0, 0.1) is 17.5 Å². The summed E-state index contributed by atoms with van der Waals surface area (Å²) in [7, 11) is 3.65. The number of hydrogen-bond donors (Lipinski definition) is 2. The van der Waals surface area contributed by atoms with Crippen LogP contribution in [0.5, 0.6) is 0 Å². The van der Waals surface area contributed by atoms with Crippen molar-refractivity contribution in [3.8, 4) is 0 Å². The highest BCUT2D eigenvalue weighted by Crippen LogP contribution is 2.13. The van der Waals surface area contributed by atoms with E-state index in [0.717, 1.165) is 12.1 Å². The fourth-order valence-electron chi connectivity index (χ4n) is 1.58. The van der Waals surface area contributed by atoms with Gasteiger partial charge in [0.2, 0.25) is 0 Å². The van der Waals surface area contributed by atoms with E-state index in [2.05, 4.69) is 5.32 Å². The highest BCUT2D eigenvalue weighted by molar-refractivity contribution is 5.19. The molecule has 0 saturated heterocycles. The van der Waals surface area contributed by atoms with Crippen molar-refractivity contribution in [1.82, 2.24) is 10.2 Å². The molecule has 0 aliphatic carbocycles. The molecule has 0 amide bonds. The monoisotopic (exact) mass is 262 g/mol. The van der Waals surface area contributed by atoms with Gasteiger partial charge in [0.15, 0.2) is 17.5 Å². The molecule has 3 nitrogen and oxygen atoms in total. The first kappa shape index (κ1) is 14.9. The minimum Gasteiger partial charge on any atom is -0.390 e. The number of nitrogens with zero attached hydrogens (tertiary/aromatic N) is 1. The zero-order chi connectivity index (χ0) is 13.7. The molecule has 0 radical (unpaired) electrons. The van der Waals surface area contributed by atoms with Crippen LogP contribution in [0.25, 0.3) is 0 Å². The molecule has 102 valence electrons. The van der Waals surface area contributed by atoms with E-state index < -0.39 is 23.6 Å². The molecule has 0 aliphatic heterocycles. The first-order chi connectivity index (χ1) is 8.40. The summed E-state index contributed by atoms with van der Waals surface area (Å²) in [6.07, 6.45) is -0.574. The van der Waals surface area contributed by atoms with Crippen LogP contribution in [-0.2, 0) is 6.54 Å². The second-order valence-electron chi connectivity index (χ2n) is 4.42. The van der Waals surface area contributed by atoms with Gasteiger partial charge >= 0.3 is 0 Å². The molecule has 1 atom stereocenters. The normalized spacial score (nSPS) is 13.1. The van der Waals surface area contributed by atoms with Gasteiger partial charge in [-0.15, -0.1) is 0 Å². The van der Waals surface area contributed by atoms with Crippen molar-refractivity contribution in [3.63, 3.8) is 0 Å². The van der Waals surface area contributed by atoms with E-state index in [-0.39, 0.29) is 6.54 Å². The average molecular weight is 262 g/mol. The van der Waals surface area contributed by atoms with Crippen molar-refractivity contribution in [3.05, 3.63) is 35.1 Å². The quantitative estimate of drug-likeness (QED) is 0.754. The summed E-state index contributed by atoms with van der Waals surface area (Å²) in [5.74, 6) is -3.88. The van der Waals surface area contributed by atoms with Crippen LogP contribution in [0.15, 0.2) is 12.1 Å². The lowest BCUT2D eigenvalue weighted by atomic mass is 10.2. The first-order valence-electron chi connectivity index (χ1n) is 5.57. The highest BCUT2D eigenvalue weighted by atomic mass is 19.2. The van der Waals surface area contributed by atoms with Crippen molar-refractivity contribution in [2.45, 2.75) is 12.6 Å². The Bertz CT molecular complexity index is 376. The highest BCUT2D eigenvalue weighted by Gasteiger charge is 2.10. The minimum absolute atomic E-state index is 0.165. The van der Waals surface area contributed by atoms with E-state index in [4.69, 9.17) is 0 Å². The molecule has 18 heavy (non-hydrogen) atoms. The lowest BCUT2D eigenvalue weighted by Gasteiger charge is -2.16. The van der Waals surface area contributed by atoms with E-state index in [9.17, 15) is 18.3 Å². The summed E-state index contributed by atoms with van der Waals surface area (Å²) in [6.45, 7) is 0.941. The van der Waals surface area contributed by atoms with Gasteiger partial charge < -0.3 is 15.3 Å². The maximum absolute atomic E-state index is 12.9. The smallest absolute Gasteiger partial charge is 0.194 e. The van der Waals surface area contributed by atoms with Crippen LogP contribution in [-0.4, -0.2) is 43.3 Å². The van der Waals surface area contributed by atoms with E-state index >= 15 is 0 Å². The fraction of sp³-hybridized carbons (Fsp3) is 0.500. The summed E-state index contributed by atoms with van der Waals surface area (Å²) < 4.78 is 38.5. The van der Waals surface area contributed by atoms with Crippen LogP contribution in [0.2, 0.25) is 0 Å². The molecule has 1 unspecified atom stereocenters. The van der Waals surface area contributed by atoms with Gasteiger partial charge in [0.05, 0.1) is 6.10 Å². The van der Waals surface area contributed by atoms with Gasteiger partial charge in [-0.25, -0.2) is 13.2 Å². The number of nitrogens with one attached hydrogen (secondary N) is 1. The molecule has 0 bridgehead atoms. The molecule has 0 heterocycles. The number of halogens is 3. The van der Waals surface area contributed by atoms with Crippen molar-refractivity contribution in [1.29, 1.82) is 0 Å². The maximum atomic E-state index is 12.9. The Morgan fingerprint density at radius 3 is 2.28 bits per heavy atom. The number of aliphatic hydroxyl groups excluding tert-OH is 1. The molecular formula is C12H17F3N2O. The summed E-state index contributed by atoms with van der Waals surface area (Å²) in [5.41, 5.74) is 0.295. The first-order valence-corrected chi connectivity index (χ1v) is 5.57. The van der Waals surface area contributed by atoms with Crippen molar-refractivity contribution in [2.24, 2.45) is 0 Å². The predicted octanol–water partition coefficient (Wildman–Crippen LogP) is 1.12. The average Bonchev–Trinajstić information content (AvgIpc) is 2.24. The Hall–Kier alpha value is -1.11. The van der Waals surface area contributed by atoms with Crippen molar-refractivity contribution < 1.29 is 18.3 Å². The Labute approximate surface area is 104 Å². The summed E-state index contributed by atoms with van der Waals surface area (Å²) in [6, 6.07) is 1.87. The third-order valence-corrected chi connectivity index (χ3v) is 2.33. The second kappa shape index (κ2) is 6.72. The van der Waals surface area contributed by atoms with Gasteiger partial charge in [-0.3, -0.25) is 0 Å². The van der Waals surface area contributed by atoms with Gasteiger partial charge in [-0.05, 0) is 31.8 Å². The van der Waals surface area contributed by atoms with Gasteiger partial charge in [0.25, 0.3) is 0 Å². The van der Waals surface area contributed by atoms with Crippen molar-refractivity contribution in [2.75, 3.05) is 27.2 Å². The molecular weight excluding hydrogens is 245 g/mol. The standard InChI is InChI=1S/C12H17F3N2O/c1-17(2)7-9(18)6-16-5-8-3-10(13)12(15)11(14)4-8/h3-4,9,16,18H,5-7H2,1-2H3. The predicted molar refractivity (Wildman–Crippen MR) is 62.6 cm³/mol. The Kier molecular flexibility index (Phi) is 5.58. The van der Waals surface area contributed by atoms with Crippen LogP contribution in [0.1, 0.15) is 5.56 Å². The molecule has 1 aromatic carbocycles. The summed E-state index contributed by atoms with van der Waals surface area (Å²) in [5, 5.41) is 12.4. The number of likely N-dealkylation sites (N-methyl/N-ethyl adjacent to an activating group) is 1. The zero-order valence-corrected chi connectivity index (χ0v) is 10.4. The Morgan fingerprint density at radius 2 is 1.78 bits per heavy atom. The second-order valence-corrected chi connectivity index (χ2v) is 4.42. The SMILES string of the molecule is CN(C)CC(O)CNCc1cc(F)c(F)c(F)c1. The van der Waals surface area contributed by atoms with E-state index in [1.54, 1.807) is 0 Å². The van der Waals surface area contributed by atoms with Crippen LogP contribution in [0.3, 0.4) is 0 Å². The van der Waals surface area contributed by atoms with Crippen LogP contribution >= 0.6 is 0 Å². The topological polar surface area (TPSA) is 35.5 Å². The molecule has 2 N–H and O–H groups in total. The molecule has 1 rings (SSSR count). The number of aliphatic hydroxyl groups is 1. The molecule has 6 heteroatoms. The van der Waals surface area contributed by atoms with E-state index in [1.165, 1.54) is 0 Å². The van der Waals surface area contributed by atoms with Gasteiger partial charge in [-0.1, -0.05) is 0 Å². The van der Waals surface area contributed by atoms with Crippen LogP contribution in [0.4, 0.5) is 13.2 Å².